The summed E-state index contributed by atoms with van der Waals surface area (Å²) in [6, 6.07) is 2.38. The van der Waals surface area contributed by atoms with Crippen molar-refractivity contribution >= 4 is 0 Å². The van der Waals surface area contributed by atoms with E-state index < -0.39 is 5.54 Å². The average molecular weight is 211 g/mol. The zero-order valence-corrected chi connectivity index (χ0v) is 9.99. The first kappa shape index (κ1) is 12.4. The van der Waals surface area contributed by atoms with Crippen LogP contribution in [0, 0.1) is 11.3 Å². The second-order valence-electron chi connectivity index (χ2n) is 4.31. The zero-order chi connectivity index (χ0) is 11.3. The molecule has 15 heavy (non-hydrogen) atoms. The van der Waals surface area contributed by atoms with Gasteiger partial charge in [0.05, 0.1) is 12.7 Å². The second-order valence-corrected chi connectivity index (χ2v) is 4.31. The van der Waals surface area contributed by atoms with Crippen molar-refractivity contribution in [3.05, 3.63) is 0 Å². The van der Waals surface area contributed by atoms with Gasteiger partial charge in [0.25, 0.3) is 0 Å². The summed E-state index contributed by atoms with van der Waals surface area (Å²) in [5.74, 6) is 0. The number of ether oxygens (including phenoxy) is 1. The van der Waals surface area contributed by atoms with Gasteiger partial charge in [0.15, 0.2) is 0 Å². The first-order valence-corrected chi connectivity index (χ1v) is 5.55. The molecule has 1 aliphatic rings. The van der Waals surface area contributed by atoms with Crippen LogP contribution in [0.1, 0.15) is 13.8 Å². The van der Waals surface area contributed by atoms with Crippen molar-refractivity contribution in [2.45, 2.75) is 19.4 Å². The van der Waals surface area contributed by atoms with E-state index >= 15 is 0 Å². The molecule has 0 amide bonds. The van der Waals surface area contributed by atoms with Crippen LogP contribution in [0.15, 0.2) is 0 Å². The summed E-state index contributed by atoms with van der Waals surface area (Å²) < 4.78 is 5.39. The Balaban J connectivity index is 2.54. The number of rotatable bonds is 4. The minimum Gasteiger partial charge on any atom is -0.379 e. The SMILES string of the molecule is CCOCC(C)(C#N)N1CCN(C)CC1. The number of nitrogens with zero attached hydrogens (tertiary/aromatic N) is 3. The van der Waals surface area contributed by atoms with Crippen molar-refractivity contribution in [2.24, 2.45) is 0 Å². The molecule has 0 spiro atoms. The van der Waals surface area contributed by atoms with Crippen LogP contribution in [0.25, 0.3) is 0 Å². The fourth-order valence-corrected chi connectivity index (χ4v) is 1.80. The summed E-state index contributed by atoms with van der Waals surface area (Å²) in [6.07, 6.45) is 0. The van der Waals surface area contributed by atoms with E-state index in [0.29, 0.717) is 13.2 Å². The molecule has 1 unspecified atom stereocenters. The Hall–Kier alpha value is -0.630. The Bertz CT molecular complexity index is 230. The quantitative estimate of drug-likeness (QED) is 0.681. The van der Waals surface area contributed by atoms with Crippen LogP contribution < -0.4 is 0 Å². The summed E-state index contributed by atoms with van der Waals surface area (Å²) in [5.41, 5.74) is -0.461. The number of hydrogen-bond donors (Lipinski definition) is 0. The van der Waals surface area contributed by atoms with Gasteiger partial charge >= 0.3 is 0 Å². The van der Waals surface area contributed by atoms with Crippen molar-refractivity contribution in [3.8, 4) is 6.07 Å². The van der Waals surface area contributed by atoms with Gasteiger partial charge < -0.3 is 9.64 Å². The molecule has 86 valence electrons. The number of hydrogen-bond acceptors (Lipinski definition) is 4. The standard InChI is InChI=1S/C11H21N3O/c1-4-15-10-11(2,9-12)14-7-5-13(3)6-8-14/h4-8,10H2,1-3H3. The van der Waals surface area contributed by atoms with Crippen LogP contribution in [0.5, 0.6) is 0 Å². The molecule has 0 N–H and O–H groups in total. The fraction of sp³-hybridized carbons (Fsp3) is 0.909. The topological polar surface area (TPSA) is 39.5 Å². The minimum absolute atomic E-state index is 0.461. The molecule has 4 heteroatoms. The van der Waals surface area contributed by atoms with Crippen LogP contribution in [0.2, 0.25) is 0 Å². The summed E-state index contributed by atoms with van der Waals surface area (Å²) in [7, 11) is 2.11. The summed E-state index contributed by atoms with van der Waals surface area (Å²) >= 11 is 0. The van der Waals surface area contributed by atoms with Gasteiger partial charge in [-0.15, -0.1) is 0 Å². The maximum absolute atomic E-state index is 9.24. The van der Waals surface area contributed by atoms with Gasteiger partial charge in [-0.1, -0.05) is 0 Å². The summed E-state index contributed by atoms with van der Waals surface area (Å²) in [6.45, 7) is 9.07. The van der Waals surface area contributed by atoms with Crippen molar-refractivity contribution in [3.63, 3.8) is 0 Å². The molecule has 0 aromatic carbocycles. The monoisotopic (exact) mass is 211 g/mol. The third kappa shape index (κ3) is 3.16. The Morgan fingerprint density at radius 2 is 1.93 bits per heavy atom. The Morgan fingerprint density at radius 3 is 2.40 bits per heavy atom. The predicted octanol–water partition coefficient (Wildman–Crippen LogP) is 0.553. The van der Waals surface area contributed by atoms with Crippen LogP contribution in [0.3, 0.4) is 0 Å². The molecule has 1 fully saturated rings. The number of likely N-dealkylation sites (N-methyl/N-ethyl adjacent to an activating group) is 1. The highest BCUT2D eigenvalue weighted by molar-refractivity contribution is 5.06. The molecule has 1 atom stereocenters. The van der Waals surface area contributed by atoms with Gasteiger partial charge in [-0.05, 0) is 20.9 Å². The van der Waals surface area contributed by atoms with Crippen LogP contribution in [0.4, 0.5) is 0 Å². The molecular formula is C11H21N3O. The highest BCUT2D eigenvalue weighted by atomic mass is 16.5. The highest BCUT2D eigenvalue weighted by Gasteiger charge is 2.33. The van der Waals surface area contributed by atoms with Gasteiger partial charge in [0.2, 0.25) is 0 Å². The van der Waals surface area contributed by atoms with Gasteiger partial charge in [-0.25, -0.2) is 0 Å². The van der Waals surface area contributed by atoms with E-state index in [0.717, 1.165) is 26.2 Å². The molecule has 1 aliphatic heterocycles. The molecule has 1 saturated heterocycles. The lowest BCUT2D eigenvalue weighted by Crippen LogP contribution is -2.56. The zero-order valence-electron chi connectivity index (χ0n) is 9.99. The Kier molecular flexibility index (Phi) is 4.52. The summed E-state index contributed by atoms with van der Waals surface area (Å²) in [5, 5.41) is 9.24. The van der Waals surface area contributed by atoms with Crippen LogP contribution >= 0.6 is 0 Å². The third-order valence-electron chi connectivity index (χ3n) is 3.03. The molecule has 0 aromatic heterocycles. The van der Waals surface area contributed by atoms with Gasteiger partial charge in [-0.2, -0.15) is 5.26 Å². The molecule has 1 rings (SSSR count). The van der Waals surface area contributed by atoms with E-state index in [4.69, 9.17) is 4.74 Å². The maximum Gasteiger partial charge on any atom is 0.130 e. The molecule has 1 heterocycles. The first-order chi connectivity index (χ1) is 7.12. The maximum atomic E-state index is 9.24. The van der Waals surface area contributed by atoms with Crippen LogP contribution in [-0.4, -0.2) is 61.8 Å². The normalized spacial score (nSPS) is 23.3. The lowest BCUT2D eigenvalue weighted by atomic mass is 10.0. The predicted molar refractivity (Wildman–Crippen MR) is 59.6 cm³/mol. The molecule has 0 radical (unpaired) electrons. The van der Waals surface area contributed by atoms with Gasteiger partial charge in [0.1, 0.15) is 5.54 Å². The van der Waals surface area contributed by atoms with E-state index in [2.05, 4.69) is 22.9 Å². The Labute approximate surface area is 92.4 Å². The lowest BCUT2D eigenvalue weighted by molar-refractivity contribution is 0.0141. The van der Waals surface area contributed by atoms with E-state index in [1.54, 1.807) is 0 Å². The molecule has 0 aliphatic carbocycles. The average Bonchev–Trinajstić information content (AvgIpc) is 2.27. The van der Waals surface area contributed by atoms with Gasteiger partial charge in [-0.3, -0.25) is 4.90 Å². The van der Waals surface area contributed by atoms with Crippen molar-refractivity contribution in [1.82, 2.24) is 9.80 Å². The van der Waals surface area contributed by atoms with Crippen LogP contribution in [-0.2, 0) is 4.74 Å². The van der Waals surface area contributed by atoms with E-state index in [1.165, 1.54) is 0 Å². The van der Waals surface area contributed by atoms with Crippen molar-refractivity contribution in [1.29, 1.82) is 5.26 Å². The number of piperazine rings is 1. The van der Waals surface area contributed by atoms with E-state index in [9.17, 15) is 5.26 Å². The first-order valence-electron chi connectivity index (χ1n) is 5.55. The fourth-order valence-electron chi connectivity index (χ4n) is 1.80. The van der Waals surface area contributed by atoms with Crippen molar-refractivity contribution in [2.75, 3.05) is 46.4 Å². The highest BCUT2D eigenvalue weighted by Crippen LogP contribution is 2.16. The molecule has 4 nitrogen and oxygen atoms in total. The summed E-state index contributed by atoms with van der Waals surface area (Å²) in [4.78, 5) is 4.51. The smallest absolute Gasteiger partial charge is 0.130 e. The number of nitriles is 1. The Morgan fingerprint density at radius 1 is 1.33 bits per heavy atom. The largest absolute Gasteiger partial charge is 0.379 e. The van der Waals surface area contributed by atoms with E-state index in [-0.39, 0.29) is 0 Å². The van der Waals surface area contributed by atoms with E-state index in [1.807, 2.05) is 13.8 Å². The minimum atomic E-state index is -0.461. The molecule has 0 bridgehead atoms. The molecular weight excluding hydrogens is 190 g/mol. The van der Waals surface area contributed by atoms with Crippen molar-refractivity contribution < 1.29 is 4.74 Å². The lowest BCUT2D eigenvalue weighted by Gasteiger charge is -2.40. The molecule has 0 saturated carbocycles. The molecule has 0 aromatic rings. The second kappa shape index (κ2) is 5.45. The van der Waals surface area contributed by atoms with Gasteiger partial charge in [0, 0.05) is 32.8 Å². The third-order valence-corrected chi connectivity index (χ3v) is 3.03.